The molecule has 0 aliphatic rings. The fourth-order valence-electron chi connectivity index (χ4n) is 3.11. The SMILES string of the molecule is C[C@H](C(=O)N[C@H](C)c1ccc(C(C)(C)C)cc1)N(c1cccc(F)c1)S(C)(=O)=O. The molecule has 0 unspecified atom stereocenters. The monoisotopic (exact) mass is 420 g/mol. The Morgan fingerprint density at radius 1 is 1.07 bits per heavy atom. The van der Waals surface area contributed by atoms with E-state index in [1.807, 2.05) is 31.2 Å². The lowest BCUT2D eigenvalue weighted by molar-refractivity contribution is -0.122. The van der Waals surface area contributed by atoms with Crippen LogP contribution in [0.25, 0.3) is 0 Å². The number of halogens is 1. The molecule has 158 valence electrons. The molecule has 2 aromatic rings. The normalized spacial score (nSPS) is 14.2. The molecule has 2 aromatic carbocycles. The first kappa shape index (κ1) is 22.9. The molecule has 0 saturated heterocycles. The van der Waals surface area contributed by atoms with Gasteiger partial charge in [-0.25, -0.2) is 12.8 Å². The second-order valence-electron chi connectivity index (χ2n) is 8.32. The van der Waals surface area contributed by atoms with Crippen LogP contribution in [0.3, 0.4) is 0 Å². The number of anilines is 1. The number of hydrogen-bond acceptors (Lipinski definition) is 3. The maximum absolute atomic E-state index is 13.6. The van der Waals surface area contributed by atoms with E-state index in [1.54, 1.807) is 0 Å². The third kappa shape index (κ3) is 5.79. The Labute approximate surface area is 173 Å². The molecule has 2 atom stereocenters. The van der Waals surface area contributed by atoms with E-state index in [0.29, 0.717) is 0 Å². The van der Waals surface area contributed by atoms with Gasteiger partial charge >= 0.3 is 0 Å². The smallest absolute Gasteiger partial charge is 0.244 e. The van der Waals surface area contributed by atoms with E-state index in [1.165, 1.54) is 30.7 Å². The highest BCUT2D eigenvalue weighted by Gasteiger charge is 2.30. The van der Waals surface area contributed by atoms with Gasteiger partial charge in [-0.2, -0.15) is 0 Å². The lowest BCUT2D eigenvalue weighted by Gasteiger charge is -2.29. The van der Waals surface area contributed by atoms with E-state index in [0.717, 1.165) is 22.2 Å². The summed E-state index contributed by atoms with van der Waals surface area (Å²) < 4.78 is 39.1. The summed E-state index contributed by atoms with van der Waals surface area (Å²) in [5.74, 6) is -1.04. The molecule has 0 spiro atoms. The van der Waals surface area contributed by atoms with Crippen molar-refractivity contribution in [3.8, 4) is 0 Å². The second-order valence-corrected chi connectivity index (χ2v) is 10.2. The fraction of sp³-hybridized carbons (Fsp3) is 0.409. The number of benzene rings is 2. The molecule has 29 heavy (non-hydrogen) atoms. The molecule has 7 heteroatoms. The molecule has 0 bridgehead atoms. The number of sulfonamides is 1. The van der Waals surface area contributed by atoms with Crippen molar-refractivity contribution in [3.05, 3.63) is 65.5 Å². The Kier molecular flexibility index (Phi) is 6.73. The molecule has 0 aliphatic carbocycles. The minimum Gasteiger partial charge on any atom is -0.348 e. The van der Waals surface area contributed by atoms with Crippen molar-refractivity contribution in [2.45, 2.75) is 52.1 Å². The van der Waals surface area contributed by atoms with Crippen molar-refractivity contribution in [2.75, 3.05) is 10.6 Å². The van der Waals surface area contributed by atoms with Crippen molar-refractivity contribution >= 4 is 21.6 Å². The van der Waals surface area contributed by atoms with E-state index in [2.05, 4.69) is 26.1 Å². The summed E-state index contributed by atoms with van der Waals surface area (Å²) >= 11 is 0. The largest absolute Gasteiger partial charge is 0.348 e. The first-order valence-corrected chi connectivity index (χ1v) is 11.3. The van der Waals surface area contributed by atoms with Crippen LogP contribution in [0.1, 0.15) is 51.8 Å². The fourth-order valence-corrected chi connectivity index (χ4v) is 4.28. The zero-order valence-electron chi connectivity index (χ0n) is 17.7. The molecular weight excluding hydrogens is 391 g/mol. The molecule has 0 saturated carbocycles. The van der Waals surface area contributed by atoms with Crippen LogP contribution in [0.4, 0.5) is 10.1 Å². The highest BCUT2D eigenvalue weighted by molar-refractivity contribution is 7.92. The third-order valence-electron chi connectivity index (χ3n) is 4.79. The molecule has 1 N–H and O–H groups in total. The highest BCUT2D eigenvalue weighted by Crippen LogP contribution is 2.25. The maximum atomic E-state index is 13.6. The van der Waals surface area contributed by atoms with E-state index in [-0.39, 0.29) is 17.1 Å². The molecular formula is C22H29FN2O3S. The number of hydrogen-bond donors (Lipinski definition) is 1. The van der Waals surface area contributed by atoms with Gasteiger partial charge in [0, 0.05) is 0 Å². The van der Waals surface area contributed by atoms with E-state index in [4.69, 9.17) is 0 Å². The summed E-state index contributed by atoms with van der Waals surface area (Å²) in [5, 5.41) is 2.85. The van der Waals surface area contributed by atoms with Gasteiger partial charge in [0.15, 0.2) is 0 Å². The van der Waals surface area contributed by atoms with E-state index in [9.17, 15) is 17.6 Å². The van der Waals surface area contributed by atoms with E-state index >= 15 is 0 Å². The van der Waals surface area contributed by atoms with Crippen molar-refractivity contribution in [3.63, 3.8) is 0 Å². The standard InChI is InChI=1S/C22H29FN2O3S/c1-15(17-10-12-18(13-11-17)22(3,4)5)24-21(26)16(2)25(29(6,27)28)20-9-7-8-19(23)14-20/h7-16H,1-6H3,(H,24,26)/t15-,16-/m1/s1. The molecule has 0 fully saturated rings. The number of nitrogens with one attached hydrogen (secondary N) is 1. The van der Waals surface area contributed by atoms with Gasteiger partial charge in [-0.15, -0.1) is 0 Å². The van der Waals surface area contributed by atoms with E-state index < -0.39 is 27.8 Å². The average molecular weight is 421 g/mol. The average Bonchev–Trinajstić information content (AvgIpc) is 2.60. The highest BCUT2D eigenvalue weighted by atomic mass is 32.2. The summed E-state index contributed by atoms with van der Waals surface area (Å²) in [6, 6.07) is 11.8. The number of nitrogens with zero attached hydrogens (tertiary/aromatic N) is 1. The Hall–Kier alpha value is -2.41. The summed E-state index contributed by atoms with van der Waals surface area (Å²) in [5.41, 5.74) is 2.23. The Morgan fingerprint density at radius 2 is 1.66 bits per heavy atom. The number of amides is 1. The van der Waals surface area contributed by atoms with Gasteiger partial charge in [-0.05, 0) is 48.6 Å². The van der Waals surface area contributed by atoms with Crippen LogP contribution < -0.4 is 9.62 Å². The van der Waals surface area contributed by atoms with Gasteiger partial charge < -0.3 is 5.32 Å². The van der Waals surface area contributed by atoms with Crippen LogP contribution in [-0.4, -0.2) is 26.6 Å². The zero-order chi connectivity index (χ0) is 22.0. The molecule has 0 aromatic heterocycles. The van der Waals surface area contributed by atoms with Crippen LogP contribution in [-0.2, 0) is 20.2 Å². The van der Waals surface area contributed by atoms with Crippen molar-refractivity contribution in [2.24, 2.45) is 0 Å². The number of rotatable bonds is 6. The molecule has 0 heterocycles. The Balaban J connectivity index is 2.21. The minimum atomic E-state index is -3.80. The number of carbonyl (C=O) groups is 1. The number of carbonyl (C=O) groups excluding carboxylic acids is 1. The van der Waals surface area contributed by atoms with Gasteiger partial charge in [0.05, 0.1) is 18.0 Å². The summed E-state index contributed by atoms with van der Waals surface area (Å²) in [7, 11) is -3.80. The van der Waals surface area contributed by atoms with Gasteiger partial charge in [-0.1, -0.05) is 51.1 Å². The zero-order valence-corrected chi connectivity index (χ0v) is 18.5. The molecule has 1 amide bonds. The second kappa shape index (κ2) is 8.53. The summed E-state index contributed by atoms with van der Waals surface area (Å²) in [6.07, 6.45) is 0.996. The van der Waals surface area contributed by atoms with Crippen LogP contribution in [0.15, 0.2) is 48.5 Å². The van der Waals surface area contributed by atoms with Crippen LogP contribution in [0.2, 0.25) is 0 Å². The molecule has 0 radical (unpaired) electrons. The summed E-state index contributed by atoms with van der Waals surface area (Å²) in [6.45, 7) is 9.70. The van der Waals surface area contributed by atoms with Crippen molar-refractivity contribution < 1.29 is 17.6 Å². The first-order chi connectivity index (χ1) is 13.3. The van der Waals surface area contributed by atoms with Crippen molar-refractivity contribution in [1.29, 1.82) is 0 Å². The third-order valence-corrected chi connectivity index (χ3v) is 6.03. The van der Waals surface area contributed by atoms with Gasteiger partial charge in [-0.3, -0.25) is 9.10 Å². The lowest BCUT2D eigenvalue weighted by atomic mass is 9.86. The lowest BCUT2D eigenvalue weighted by Crippen LogP contribution is -2.48. The molecule has 2 rings (SSSR count). The van der Waals surface area contributed by atoms with Crippen LogP contribution >= 0.6 is 0 Å². The Bertz CT molecular complexity index is 966. The van der Waals surface area contributed by atoms with Crippen molar-refractivity contribution in [1.82, 2.24) is 5.32 Å². The van der Waals surface area contributed by atoms with Gasteiger partial charge in [0.2, 0.25) is 15.9 Å². The van der Waals surface area contributed by atoms with Gasteiger partial charge in [0.1, 0.15) is 11.9 Å². The minimum absolute atomic E-state index is 0.0282. The quantitative estimate of drug-likeness (QED) is 0.763. The molecule has 5 nitrogen and oxygen atoms in total. The topological polar surface area (TPSA) is 66.5 Å². The predicted molar refractivity (Wildman–Crippen MR) is 115 cm³/mol. The molecule has 0 aliphatic heterocycles. The summed E-state index contributed by atoms with van der Waals surface area (Å²) in [4.78, 5) is 12.8. The Morgan fingerprint density at radius 3 is 2.14 bits per heavy atom. The van der Waals surface area contributed by atoms with Gasteiger partial charge in [0.25, 0.3) is 0 Å². The van der Waals surface area contributed by atoms with Crippen LogP contribution in [0.5, 0.6) is 0 Å². The maximum Gasteiger partial charge on any atom is 0.244 e. The predicted octanol–water partition coefficient (Wildman–Crippen LogP) is 4.16. The first-order valence-electron chi connectivity index (χ1n) is 9.46. The van der Waals surface area contributed by atoms with Crippen LogP contribution in [0, 0.1) is 5.82 Å².